The van der Waals surface area contributed by atoms with Crippen LogP contribution in [0.5, 0.6) is 0 Å². The molecule has 0 saturated heterocycles. The predicted molar refractivity (Wildman–Crippen MR) is 79.2 cm³/mol. The molecule has 0 unspecified atom stereocenters. The average Bonchev–Trinajstić information content (AvgIpc) is 2.92. The molecule has 6 nitrogen and oxygen atoms in total. The van der Waals surface area contributed by atoms with Crippen molar-refractivity contribution in [1.29, 1.82) is 0 Å². The Morgan fingerprint density at radius 2 is 2.00 bits per heavy atom. The second-order valence-corrected chi connectivity index (χ2v) is 4.49. The molecule has 0 bridgehead atoms. The van der Waals surface area contributed by atoms with Gasteiger partial charge in [0.25, 0.3) is 11.8 Å². The summed E-state index contributed by atoms with van der Waals surface area (Å²) in [4.78, 5) is 24.1. The van der Waals surface area contributed by atoms with Gasteiger partial charge in [0.15, 0.2) is 0 Å². The molecule has 0 saturated carbocycles. The minimum absolute atomic E-state index is 0.278. The van der Waals surface area contributed by atoms with Gasteiger partial charge in [-0.2, -0.15) is 0 Å². The minimum Gasteiger partial charge on any atom is -0.469 e. The number of para-hydroxylation sites is 1. The predicted octanol–water partition coefficient (Wildman–Crippen LogP) is 1.53. The number of anilines is 1. The molecular weight excluding hydrogens is 270 g/mol. The van der Waals surface area contributed by atoms with Gasteiger partial charge in [-0.3, -0.25) is 9.59 Å². The van der Waals surface area contributed by atoms with Gasteiger partial charge in [0.2, 0.25) is 0 Å². The van der Waals surface area contributed by atoms with Crippen molar-refractivity contribution in [2.45, 2.75) is 6.92 Å². The Labute approximate surface area is 122 Å². The van der Waals surface area contributed by atoms with Gasteiger partial charge in [-0.05, 0) is 25.1 Å². The highest BCUT2D eigenvalue weighted by Crippen LogP contribution is 2.17. The fourth-order valence-electron chi connectivity index (χ4n) is 1.83. The quantitative estimate of drug-likeness (QED) is 0.776. The first-order chi connectivity index (χ1) is 10.1. The van der Waals surface area contributed by atoms with Crippen LogP contribution in [0.15, 0.2) is 41.0 Å². The molecule has 2 aromatic rings. The third-order valence-electron chi connectivity index (χ3n) is 2.84. The van der Waals surface area contributed by atoms with Crippen molar-refractivity contribution in [3.8, 4) is 0 Å². The van der Waals surface area contributed by atoms with Crippen molar-refractivity contribution in [2.75, 3.05) is 18.4 Å². The number of nitrogens with one attached hydrogen (secondary N) is 2. The number of rotatable bonds is 5. The van der Waals surface area contributed by atoms with Crippen molar-refractivity contribution >= 4 is 17.5 Å². The van der Waals surface area contributed by atoms with E-state index in [1.807, 2.05) is 0 Å². The molecule has 0 fully saturated rings. The fraction of sp³-hybridized carbons (Fsp3) is 0.200. The third kappa shape index (κ3) is 3.70. The fourth-order valence-corrected chi connectivity index (χ4v) is 1.83. The van der Waals surface area contributed by atoms with E-state index < -0.39 is 0 Å². The molecule has 0 aliphatic carbocycles. The summed E-state index contributed by atoms with van der Waals surface area (Å²) in [6, 6.07) is 8.42. The van der Waals surface area contributed by atoms with Crippen LogP contribution in [-0.2, 0) is 0 Å². The van der Waals surface area contributed by atoms with Gasteiger partial charge < -0.3 is 20.8 Å². The van der Waals surface area contributed by atoms with E-state index in [0.717, 1.165) is 0 Å². The Balaban J connectivity index is 2.16. The van der Waals surface area contributed by atoms with E-state index in [2.05, 4.69) is 10.6 Å². The molecule has 110 valence electrons. The van der Waals surface area contributed by atoms with Crippen LogP contribution in [0.25, 0.3) is 0 Å². The Kier molecular flexibility index (Phi) is 4.73. The molecule has 0 spiro atoms. The molecule has 1 aromatic heterocycles. The molecule has 4 N–H and O–H groups in total. The Hall–Kier alpha value is -2.60. The van der Waals surface area contributed by atoms with E-state index in [-0.39, 0.29) is 11.8 Å². The van der Waals surface area contributed by atoms with Crippen LogP contribution < -0.4 is 16.4 Å². The van der Waals surface area contributed by atoms with Crippen molar-refractivity contribution in [2.24, 2.45) is 5.73 Å². The summed E-state index contributed by atoms with van der Waals surface area (Å²) in [7, 11) is 0. The van der Waals surface area contributed by atoms with Gasteiger partial charge in [0, 0.05) is 13.1 Å². The van der Waals surface area contributed by atoms with Crippen LogP contribution in [-0.4, -0.2) is 24.9 Å². The standard InChI is InChI=1S/C15H17N3O3/c1-10-8-11(9-21-10)14(19)18-13-5-3-2-4-12(13)15(20)17-7-6-16/h2-5,8-9H,6-7,16H2,1H3,(H,17,20)(H,18,19). The number of aryl methyl sites for hydroxylation is 1. The lowest BCUT2D eigenvalue weighted by molar-refractivity contribution is 0.0955. The highest BCUT2D eigenvalue weighted by Gasteiger charge is 2.14. The molecular formula is C15H17N3O3. The van der Waals surface area contributed by atoms with Crippen LogP contribution >= 0.6 is 0 Å². The number of carbonyl (C=O) groups excluding carboxylic acids is 2. The topological polar surface area (TPSA) is 97.4 Å². The average molecular weight is 287 g/mol. The monoisotopic (exact) mass is 287 g/mol. The molecule has 6 heteroatoms. The number of amides is 2. The zero-order valence-electron chi connectivity index (χ0n) is 11.7. The molecule has 0 aliphatic rings. The molecule has 21 heavy (non-hydrogen) atoms. The Bertz CT molecular complexity index is 649. The summed E-state index contributed by atoms with van der Waals surface area (Å²) >= 11 is 0. The van der Waals surface area contributed by atoms with E-state index in [0.29, 0.717) is 35.7 Å². The molecule has 0 atom stereocenters. The van der Waals surface area contributed by atoms with Gasteiger partial charge in [-0.25, -0.2) is 0 Å². The van der Waals surface area contributed by atoms with Gasteiger partial charge in [0.05, 0.1) is 16.8 Å². The molecule has 2 amide bonds. The molecule has 0 aliphatic heterocycles. The number of benzene rings is 1. The lowest BCUT2D eigenvalue weighted by Gasteiger charge is -2.10. The third-order valence-corrected chi connectivity index (χ3v) is 2.84. The van der Waals surface area contributed by atoms with Crippen molar-refractivity contribution in [3.05, 3.63) is 53.5 Å². The SMILES string of the molecule is Cc1cc(C(=O)Nc2ccccc2C(=O)NCCN)co1. The summed E-state index contributed by atoms with van der Waals surface area (Å²) < 4.78 is 5.10. The zero-order valence-corrected chi connectivity index (χ0v) is 11.7. The van der Waals surface area contributed by atoms with Crippen LogP contribution in [0, 0.1) is 6.92 Å². The van der Waals surface area contributed by atoms with Gasteiger partial charge in [-0.15, -0.1) is 0 Å². The lowest BCUT2D eigenvalue weighted by atomic mass is 10.1. The first-order valence-corrected chi connectivity index (χ1v) is 6.55. The summed E-state index contributed by atoms with van der Waals surface area (Å²) in [5.41, 5.74) is 6.59. The minimum atomic E-state index is -0.328. The zero-order chi connectivity index (χ0) is 15.2. The normalized spacial score (nSPS) is 10.2. The van der Waals surface area contributed by atoms with Gasteiger partial charge >= 0.3 is 0 Å². The molecule has 1 aromatic carbocycles. The number of furan rings is 1. The van der Waals surface area contributed by atoms with E-state index >= 15 is 0 Å². The van der Waals surface area contributed by atoms with E-state index in [1.165, 1.54) is 6.26 Å². The second-order valence-electron chi connectivity index (χ2n) is 4.49. The largest absolute Gasteiger partial charge is 0.469 e. The maximum Gasteiger partial charge on any atom is 0.258 e. The van der Waals surface area contributed by atoms with E-state index in [9.17, 15) is 9.59 Å². The first kappa shape index (κ1) is 14.8. The molecule has 1 heterocycles. The summed E-state index contributed by atoms with van der Waals surface area (Å²) in [6.07, 6.45) is 1.38. The Morgan fingerprint density at radius 3 is 2.67 bits per heavy atom. The van der Waals surface area contributed by atoms with Crippen LogP contribution in [0.2, 0.25) is 0 Å². The number of carbonyl (C=O) groups is 2. The first-order valence-electron chi connectivity index (χ1n) is 6.55. The Morgan fingerprint density at radius 1 is 1.24 bits per heavy atom. The van der Waals surface area contributed by atoms with Crippen LogP contribution in [0.1, 0.15) is 26.5 Å². The van der Waals surface area contributed by atoms with Crippen molar-refractivity contribution in [1.82, 2.24) is 5.32 Å². The van der Waals surface area contributed by atoms with E-state index in [4.69, 9.17) is 10.2 Å². The van der Waals surface area contributed by atoms with Crippen LogP contribution in [0.4, 0.5) is 5.69 Å². The summed E-state index contributed by atoms with van der Waals surface area (Å²) in [6.45, 7) is 2.49. The van der Waals surface area contributed by atoms with Crippen molar-refractivity contribution < 1.29 is 14.0 Å². The summed E-state index contributed by atoms with van der Waals surface area (Å²) in [5, 5.41) is 5.38. The maximum absolute atomic E-state index is 12.1. The number of hydrogen-bond acceptors (Lipinski definition) is 4. The smallest absolute Gasteiger partial charge is 0.258 e. The molecule has 0 radical (unpaired) electrons. The second kappa shape index (κ2) is 6.71. The highest BCUT2D eigenvalue weighted by atomic mass is 16.3. The van der Waals surface area contributed by atoms with Gasteiger partial charge in [-0.1, -0.05) is 12.1 Å². The van der Waals surface area contributed by atoms with Crippen molar-refractivity contribution in [3.63, 3.8) is 0 Å². The summed E-state index contributed by atoms with van der Waals surface area (Å²) in [5.74, 6) is 0.0415. The lowest BCUT2D eigenvalue weighted by Crippen LogP contribution is -2.29. The van der Waals surface area contributed by atoms with E-state index in [1.54, 1.807) is 37.3 Å². The van der Waals surface area contributed by atoms with Gasteiger partial charge in [0.1, 0.15) is 12.0 Å². The number of nitrogens with two attached hydrogens (primary N) is 1. The maximum atomic E-state index is 12.1. The molecule has 2 rings (SSSR count). The van der Waals surface area contributed by atoms with Crippen LogP contribution in [0.3, 0.4) is 0 Å². The number of hydrogen-bond donors (Lipinski definition) is 3. The highest BCUT2D eigenvalue weighted by molar-refractivity contribution is 6.08.